The van der Waals surface area contributed by atoms with Gasteiger partial charge in [-0.25, -0.2) is 0 Å². The Kier molecular flexibility index (Phi) is 8.97. The summed E-state index contributed by atoms with van der Waals surface area (Å²) in [7, 11) is 0. The first-order valence-electron chi connectivity index (χ1n) is 13.3. The number of carbonyl (C=O) groups excluding carboxylic acids is 1. The maximum atomic E-state index is 13.8. The minimum atomic E-state index is -4.40. The number of alkyl halides is 3. The molecule has 1 aliphatic heterocycles. The van der Waals surface area contributed by atoms with Crippen molar-refractivity contribution in [3.63, 3.8) is 0 Å². The fourth-order valence-electron chi connectivity index (χ4n) is 5.47. The molecule has 0 N–H and O–H groups in total. The Bertz CT molecular complexity index is 1180. The predicted octanol–water partition coefficient (Wildman–Crippen LogP) is 6.98. The molecule has 0 unspecified atom stereocenters. The number of rotatable bonds is 9. The molecule has 2 aromatic rings. The Balaban J connectivity index is 1.39. The van der Waals surface area contributed by atoms with Crippen LogP contribution >= 0.6 is 0 Å². The number of hydrogen-bond acceptors (Lipinski definition) is 5. The van der Waals surface area contributed by atoms with Crippen molar-refractivity contribution in [1.82, 2.24) is 4.90 Å². The van der Waals surface area contributed by atoms with Crippen LogP contribution in [0, 0.1) is 10.8 Å². The zero-order valence-electron chi connectivity index (χ0n) is 21.9. The number of hydrogen-bond donors (Lipinski definition) is 0. The highest BCUT2D eigenvalue weighted by atomic mass is 19.4. The molecule has 2 fully saturated rings. The topological polar surface area (TPSA) is 71.3 Å². The van der Waals surface area contributed by atoms with Gasteiger partial charge in [-0.15, -0.1) is 4.91 Å². The minimum Gasteiger partial charge on any atom is -0.391 e. The number of nitrogens with zero attached hydrogens (tertiary/aromatic N) is 3. The lowest BCUT2D eigenvalue weighted by molar-refractivity contribution is -0.138. The maximum absolute atomic E-state index is 13.8. The molecule has 1 aliphatic carbocycles. The van der Waals surface area contributed by atoms with Crippen LogP contribution in [0.5, 0.6) is 0 Å². The van der Waals surface area contributed by atoms with Gasteiger partial charge in [-0.2, -0.15) is 13.2 Å². The van der Waals surface area contributed by atoms with E-state index in [9.17, 15) is 22.9 Å². The highest BCUT2D eigenvalue weighted by Gasteiger charge is 2.36. The van der Waals surface area contributed by atoms with Crippen LogP contribution in [0.1, 0.15) is 85.3 Å². The molecular formula is C29H34F3N3O3. The fourth-order valence-corrected chi connectivity index (χ4v) is 5.47. The number of oxime groups is 1. The number of carbonyl (C=O) groups is 1. The smallest absolute Gasteiger partial charge is 0.391 e. The van der Waals surface area contributed by atoms with E-state index in [4.69, 9.17) is 4.84 Å². The van der Waals surface area contributed by atoms with Crippen molar-refractivity contribution in [1.29, 1.82) is 0 Å². The second-order valence-electron chi connectivity index (χ2n) is 10.4. The molecular weight excluding hydrogens is 495 g/mol. The van der Waals surface area contributed by atoms with Crippen LogP contribution < -0.4 is 0 Å². The van der Waals surface area contributed by atoms with E-state index < -0.39 is 17.6 Å². The second-order valence-corrected chi connectivity index (χ2v) is 10.4. The third-order valence-corrected chi connectivity index (χ3v) is 7.70. The summed E-state index contributed by atoms with van der Waals surface area (Å²) >= 11 is 0. The van der Waals surface area contributed by atoms with E-state index in [1.165, 1.54) is 6.07 Å². The molecule has 0 atom stereocenters. The SMILES string of the molecule is CCc1cc(/C(C)=N/OCc2ccc(C3CCCCC3)c(C(F)(F)F)c2)ccc1CN1CC(C(=O)N=O)C1. The molecule has 1 heterocycles. The Morgan fingerprint density at radius 3 is 2.45 bits per heavy atom. The summed E-state index contributed by atoms with van der Waals surface area (Å²) < 4.78 is 41.5. The minimum absolute atomic E-state index is 0.0373. The summed E-state index contributed by atoms with van der Waals surface area (Å²) in [5.74, 6) is -0.933. The zero-order valence-corrected chi connectivity index (χ0v) is 21.9. The molecule has 0 radical (unpaired) electrons. The van der Waals surface area contributed by atoms with Crippen LogP contribution in [0.4, 0.5) is 13.2 Å². The van der Waals surface area contributed by atoms with Crippen molar-refractivity contribution in [2.75, 3.05) is 13.1 Å². The Morgan fingerprint density at radius 1 is 1.05 bits per heavy atom. The van der Waals surface area contributed by atoms with Gasteiger partial charge in [-0.05, 0) is 72.1 Å². The van der Waals surface area contributed by atoms with E-state index in [0.29, 0.717) is 36.5 Å². The highest BCUT2D eigenvalue weighted by Crippen LogP contribution is 2.41. The van der Waals surface area contributed by atoms with Gasteiger partial charge in [0.25, 0.3) is 5.91 Å². The van der Waals surface area contributed by atoms with Gasteiger partial charge in [0.1, 0.15) is 6.61 Å². The lowest BCUT2D eigenvalue weighted by Gasteiger charge is -2.37. The van der Waals surface area contributed by atoms with E-state index >= 15 is 0 Å². The largest absolute Gasteiger partial charge is 0.416 e. The molecule has 38 heavy (non-hydrogen) atoms. The van der Waals surface area contributed by atoms with E-state index in [0.717, 1.165) is 55.2 Å². The van der Waals surface area contributed by atoms with Gasteiger partial charge in [-0.1, -0.05) is 55.6 Å². The lowest BCUT2D eigenvalue weighted by Crippen LogP contribution is -2.49. The van der Waals surface area contributed by atoms with Crippen LogP contribution in [0.25, 0.3) is 0 Å². The average Bonchev–Trinajstić information content (AvgIpc) is 2.90. The van der Waals surface area contributed by atoms with Crippen molar-refractivity contribution in [3.8, 4) is 0 Å². The standard InChI is InChI=1S/C29H34F3N3O3/c1-3-21-14-23(10-11-24(21)15-35-16-25(17-35)28(36)33-37)19(2)34-38-18-20-9-12-26(22-7-5-4-6-8-22)27(13-20)29(30,31)32/h9-14,22,25H,3-8,15-18H2,1-2H3/b34-19+. The summed E-state index contributed by atoms with van der Waals surface area (Å²) in [5.41, 5.74) is 4.04. The van der Waals surface area contributed by atoms with Gasteiger partial charge < -0.3 is 4.84 Å². The first-order chi connectivity index (χ1) is 18.2. The van der Waals surface area contributed by atoms with Gasteiger partial charge in [-0.3, -0.25) is 9.69 Å². The van der Waals surface area contributed by atoms with Gasteiger partial charge >= 0.3 is 6.18 Å². The number of halogens is 3. The average molecular weight is 530 g/mol. The Hall–Kier alpha value is -3.07. The maximum Gasteiger partial charge on any atom is 0.416 e. The summed E-state index contributed by atoms with van der Waals surface area (Å²) in [6.07, 6.45) is 1.04. The van der Waals surface area contributed by atoms with Gasteiger partial charge in [0.2, 0.25) is 0 Å². The van der Waals surface area contributed by atoms with E-state index in [1.807, 2.05) is 18.2 Å². The zero-order chi connectivity index (χ0) is 27.3. The van der Waals surface area contributed by atoms with Crippen molar-refractivity contribution >= 4 is 11.6 Å². The molecule has 1 saturated heterocycles. The summed E-state index contributed by atoms with van der Waals surface area (Å²) in [6.45, 7) is 5.55. The number of nitroso groups, excluding NO2 is 1. The van der Waals surface area contributed by atoms with Crippen molar-refractivity contribution in [2.45, 2.75) is 77.6 Å². The summed E-state index contributed by atoms with van der Waals surface area (Å²) in [5, 5.41) is 6.68. The molecule has 1 saturated carbocycles. The van der Waals surface area contributed by atoms with Crippen LogP contribution in [-0.2, 0) is 35.4 Å². The van der Waals surface area contributed by atoms with Crippen LogP contribution in [0.2, 0.25) is 0 Å². The monoisotopic (exact) mass is 529 g/mol. The predicted molar refractivity (Wildman–Crippen MR) is 140 cm³/mol. The first kappa shape index (κ1) is 28.0. The van der Waals surface area contributed by atoms with E-state index in [-0.39, 0.29) is 18.4 Å². The molecule has 1 amide bonds. The quantitative estimate of drug-likeness (QED) is 0.200. The van der Waals surface area contributed by atoms with Crippen molar-refractivity contribution in [3.05, 3.63) is 74.7 Å². The molecule has 6 nitrogen and oxygen atoms in total. The van der Waals surface area contributed by atoms with E-state index in [1.54, 1.807) is 19.1 Å². The van der Waals surface area contributed by atoms with Gasteiger partial charge in [0.15, 0.2) is 0 Å². The van der Waals surface area contributed by atoms with Crippen molar-refractivity contribution in [2.24, 2.45) is 16.3 Å². The van der Waals surface area contributed by atoms with Gasteiger partial charge in [0.05, 0.1) is 17.2 Å². The highest BCUT2D eigenvalue weighted by molar-refractivity contribution is 5.98. The van der Waals surface area contributed by atoms with Crippen LogP contribution in [-0.4, -0.2) is 29.6 Å². The third kappa shape index (κ3) is 6.67. The second kappa shape index (κ2) is 12.2. The molecule has 2 aromatic carbocycles. The molecule has 204 valence electrons. The van der Waals surface area contributed by atoms with Gasteiger partial charge in [0, 0.05) is 24.8 Å². The van der Waals surface area contributed by atoms with E-state index in [2.05, 4.69) is 22.2 Å². The Labute approximate surface area is 221 Å². The van der Waals surface area contributed by atoms with Crippen molar-refractivity contribution < 1.29 is 22.8 Å². The Morgan fingerprint density at radius 2 is 1.79 bits per heavy atom. The summed E-state index contributed by atoms with van der Waals surface area (Å²) in [6, 6.07) is 10.5. The molecule has 2 aliphatic rings. The van der Waals surface area contributed by atoms with Crippen LogP contribution in [0.15, 0.2) is 46.7 Å². The molecule has 0 bridgehead atoms. The number of likely N-dealkylation sites (tertiary alicyclic amines) is 1. The fraction of sp³-hybridized carbons (Fsp3) is 0.517. The number of benzene rings is 2. The molecule has 0 spiro atoms. The summed E-state index contributed by atoms with van der Waals surface area (Å²) in [4.78, 5) is 29.3. The molecule has 4 rings (SSSR count). The normalized spacial score (nSPS) is 17.8. The molecule has 9 heteroatoms. The number of aryl methyl sites for hydroxylation is 1. The molecule has 0 aromatic heterocycles. The van der Waals surface area contributed by atoms with Crippen LogP contribution in [0.3, 0.4) is 0 Å². The lowest BCUT2D eigenvalue weighted by atomic mass is 9.81. The first-order valence-corrected chi connectivity index (χ1v) is 13.3. The third-order valence-electron chi connectivity index (χ3n) is 7.70. The number of amides is 1.